The van der Waals surface area contributed by atoms with Crippen LogP contribution in [-0.2, 0) is 25.3 Å². The van der Waals surface area contributed by atoms with Crippen LogP contribution in [0.4, 0.5) is 5.82 Å². The molecule has 1 saturated heterocycles. The SMILES string of the molecule is C[C@H](NC(=O)CN)C(=O)N1CCC(C(=O)c2ccc3ccnc(N)c3c2)(c2ccccc2)[C@]1(C(=O)O)c1ccc2ccccc2c1. The average molecular weight is 616 g/mol. The van der Waals surface area contributed by atoms with E-state index in [9.17, 15) is 19.5 Å². The minimum Gasteiger partial charge on any atom is -0.479 e. The Morgan fingerprint density at radius 2 is 1.59 bits per heavy atom. The first-order chi connectivity index (χ1) is 22.1. The number of hydrogen-bond donors (Lipinski definition) is 4. The predicted octanol–water partition coefficient (Wildman–Crippen LogP) is 3.77. The van der Waals surface area contributed by atoms with Crippen molar-refractivity contribution >= 4 is 50.9 Å². The van der Waals surface area contributed by atoms with E-state index >= 15 is 4.79 Å². The van der Waals surface area contributed by atoms with Crippen molar-refractivity contribution in [1.82, 2.24) is 15.2 Å². The van der Waals surface area contributed by atoms with E-state index in [4.69, 9.17) is 11.5 Å². The van der Waals surface area contributed by atoms with E-state index in [-0.39, 0.29) is 36.5 Å². The van der Waals surface area contributed by atoms with Crippen LogP contribution in [0.2, 0.25) is 0 Å². The molecule has 10 nitrogen and oxygen atoms in total. The molecule has 1 aromatic heterocycles. The number of pyridine rings is 1. The Bertz CT molecular complexity index is 2020. The van der Waals surface area contributed by atoms with Crippen LogP contribution in [0, 0.1) is 0 Å². The number of likely N-dealkylation sites (tertiary alicyclic amines) is 1. The van der Waals surface area contributed by atoms with Crippen LogP contribution in [0.5, 0.6) is 0 Å². The summed E-state index contributed by atoms with van der Waals surface area (Å²) in [6, 6.07) is 27.0. The van der Waals surface area contributed by atoms with Gasteiger partial charge in [-0.3, -0.25) is 14.4 Å². The van der Waals surface area contributed by atoms with Gasteiger partial charge in [-0.05, 0) is 58.8 Å². The molecular formula is C36H33N5O5. The third kappa shape index (κ3) is 4.57. The van der Waals surface area contributed by atoms with E-state index in [0.29, 0.717) is 10.9 Å². The molecule has 1 fully saturated rings. The number of carboxylic acid groups (broad SMARTS) is 1. The summed E-state index contributed by atoms with van der Waals surface area (Å²) in [5.74, 6) is -2.87. The van der Waals surface area contributed by atoms with E-state index < -0.39 is 40.6 Å². The van der Waals surface area contributed by atoms with Gasteiger partial charge in [0.05, 0.1) is 12.0 Å². The lowest BCUT2D eigenvalue weighted by atomic mass is 9.59. The van der Waals surface area contributed by atoms with Gasteiger partial charge in [-0.2, -0.15) is 0 Å². The molecule has 0 radical (unpaired) electrons. The second-order valence-electron chi connectivity index (χ2n) is 11.5. The topological polar surface area (TPSA) is 169 Å². The van der Waals surface area contributed by atoms with Crippen molar-refractivity contribution in [2.45, 2.75) is 30.3 Å². The zero-order chi connectivity index (χ0) is 32.6. The molecule has 0 saturated carbocycles. The summed E-state index contributed by atoms with van der Waals surface area (Å²) in [5.41, 5.74) is 8.58. The molecule has 232 valence electrons. The fourth-order valence-electron chi connectivity index (χ4n) is 7.03. The van der Waals surface area contributed by atoms with Crippen molar-refractivity contribution in [3.05, 3.63) is 120 Å². The zero-order valence-electron chi connectivity index (χ0n) is 25.1. The first-order valence-corrected chi connectivity index (χ1v) is 14.9. The second-order valence-corrected chi connectivity index (χ2v) is 11.5. The van der Waals surface area contributed by atoms with Crippen LogP contribution in [0.15, 0.2) is 103 Å². The minimum atomic E-state index is -2.23. The summed E-state index contributed by atoms with van der Waals surface area (Å²) in [6.45, 7) is 1.05. The lowest BCUT2D eigenvalue weighted by Crippen LogP contribution is -2.65. The smallest absolute Gasteiger partial charge is 0.335 e. The Morgan fingerprint density at radius 3 is 2.30 bits per heavy atom. The van der Waals surface area contributed by atoms with E-state index in [1.807, 2.05) is 24.3 Å². The fourth-order valence-corrected chi connectivity index (χ4v) is 7.03. The summed E-state index contributed by atoms with van der Waals surface area (Å²) in [6.07, 6.45) is 1.56. The molecule has 3 atom stereocenters. The van der Waals surface area contributed by atoms with Crippen LogP contribution >= 0.6 is 0 Å². The molecular weight excluding hydrogens is 582 g/mol. The first kappa shape index (κ1) is 30.4. The molecule has 6 rings (SSSR count). The van der Waals surface area contributed by atoms with Gasteiger partial charge in [0.1, 0.15) is 11.9 Å². The summed E-state index contributed by atoms with van der Waals surface area (Å²) >= 11 is 0. The van der Waals surface area contributed by atoms with Gasteiger partial charge in [0, 0.05) is 23.7 Å². The van der Waals surface area contributed by atoms with Crippen molar-refractivity contribution < 1.29 is 24.3 Å². The monoisotopic (exact) mass is 615 g/mol. The number of aromatic nitrogens is 1. The van der Waals surface area contributed by atoms with Gasteiger partial charge in [-0.1, -0.05) is 78.9 Å². The maximum absolute atomic E-state index is 15.3. The summed E-state index contributed by atoms with van der Waals surface area (Å²) in [4.78, 5) is 61.5. The maximum Gasteiger partial charge on any atom is 0.335 e. The highest BCUT2D eigenvalue weighted by atomic mass is 16.4. The van der Waals surface area contributed by atoms with Crippen LogP contribution in [0.3, 0.4) is 0 Å². The van der Waals surface area contributed by atoms with Crippen molar-refractivity contribution in [1.29, 1.82) is 0 Å². The number of nitrogens with one attached hydrogen (secondary N) is 1. The van der Waals surface area contributed by atoms with E-state index in [2.05, 4.69) is 10.3 Å². The van der Waals surface area contributed by atoms with Crippen LogP contribution in [0.1, 0.15) is 34.8 Å². The predicted molar refractivity (Wildman–Crippen MR) is 175 cm³/mol. The van der Waals surface area contributed by atoms with Gasteiger partial charge >= 0.3 is 5.97 Å². The number of carbonyl (C=O) groups excluding carboxylic acids is 3. The second kappa shape index (κ2) is 11.7. The van der Waals surface area contributed by atoms with Crippen molar-refractivity contribution in [3.63, 3.8) is 0 Å². The lowest BCUT2D eigenvalue weighted by Gasteiger charge is -2.47. The highest BCUT2D eigenvalue weighted by molar-refractivity contribution is 6.13. The van der Waals surface area contributed by atoms with E-state index in [1.54, 1.807) is 79.0 Å². The number of hydrogen-bond acceptors (Lipinski definition) is 7. The molecule has 2 heterocycles. The van der Waals surface area contributed by atoms with Crippen LogP contribution in [-0.4, -0.2) is 57.7 Å². The van der Waals surface area contributed by atoms with Crippen molar-refractivity contribution in [2.75, 3.05) is 18.8 Å². The fraction of sp³-hybridized carbons (Fsp3) is 0.194. The highest BCUT2D eigenvalue weighted by Gasteiger charge is 2.70. The molecule has 1 aliphatic heterocycles. The number of amides is 2. The number of nitrogens with two attached hydrogens (primary N) is 2. The number of nitrogen functional groups attached to an aromatic ring is 1. The molecule has 0 bridgehead atoms. The number of anilines is 1. The summed E-state index contributed by atoms with van der Waals surface area (Å²) in [7, 11) is 0. The zero-order valence-corrected chi connectivity index (χ0v) is 25.1. The van der Waals surface area contributed by atoms with Crippen LogP contribution in [0.25, 0.3) is 21.5 Å². The van der Waals surface area contributed by atoms with Gasteiger partial charge in [-0.15, -0.1) is 0 Å². The van der Waals surface area contributed by atoms with Gasteiger partial charge in [-0.25, -0.2) is 9.78 Å². The molecule has 46 heavy (non-hydrogen) atoms. The quantitative estimate of drug-likeness (QED) is 0.191. The number of fused-ring (bicyclic) bond motifs is 2. The molecule has 10 heteroatoms. The van der Waals surface area contributed by atoms with E-state index in [1.165, 1.54) is 11.8 Å². The molecule has 5 aromatic rings. The normalized spacial score (nSPS) is 20.0. The third-order valence-electron chi connectivity index (χ3n) is 9.12. The lowest BCUT2D eigenvalue weighted by molar-refractivity contribution is -0.161. The summed E-state index contributed by atoms with van der Waals surface area (Å²) < 4.78 is 0. The molecule has 0 aliphatic carbocycles. The molecule has 0 spiro atoms. The Hall–Kier alpha value is -5.61. The number of carbonyl (C=O) groups is 4. The minimum absolute atomic E-state index is 0.0151. The Kier molecular flexibility index (Phi) is 7.75. The number of carboxylic acids is 1. The van der Waals surface area contributed by atoms with E-state index in [0.717, 1.165) is 16.2 Å². The number of rotatable bonds is 8. The van der Waals surface area contributed by atoms with Gasteiger partial charge in [0.2, 0.25) is 11.8 Å². The van der Waals surface area contributed by atoms with Crippen molar-refractivity contribution in [3.8, 4) is 0 Å². The molecule has 2 amide bonds. The van der Waals surface area contributed by atoms with Gasteiger partial charge < -0.3 is 26.8 Å². The van der Waals surface area contributed by atoms with Crippen LogP contribution < -0.4 is 16.8 Å². The largest absolute Gasteiger partial charge is 0.479 e. The number of Topliss-reactive ketones (excluding diaryl/α,β-unsaturated/α-hetero) is 1. The Labute approximate surface area is 265 Å². The number of aliphatic carboxylic acids is 1. The third-order valence-corrected chi connectivity index (χ3v) is 9.12. The highest BCUT2D eigenvalue weighted by Crippen LogP contribution is 2.56. The maximum atomic E-state index is 15.3. The molecule has 4 aromatic carbocycles. The number of benzene rings is 4. The molecule has 1 aliphatic rings. The Morgan fingerprint density at radius 1 is 0.891 bits per heavy atom. The van der Waals surface area contributed by atoms with Gasteiger partial charge in [0.15, 0.2) is 11.3 Å². The molecule has 1 unspecified atom stereocenters. The Balaban J connectivity index is 1.68. The summed E-state index contributed by atoms with van der Waals surface area (Å²) in [5, 5.41) is 17.0. The molecule has 6 N–H and O–H groups in total. The number of ketones is 1. The van der Waals surface area contributed by atoms with Crippen molar-refractivity contribution in [2.24, 2.45) is 5.73 Å². The number of nitrogens with zero attached hydrogens (tertiary/aromatic N) is 2. The first-order valence-electron chi connectivity index (χ1n) is 14.9. The standard InChI is InChI=1S/C36H33N5O5/c1-22(40-30(42)21-37)33(44)41-18-16-35(27-9-3-2-4-10-27,31(43)26-12-11-24-15-17-39-32(38)29(24)20-26)36(41,34(45)46)28-14-13-23-7-5-6-8-25(23)19-28/h2-15,17,19-20,22H,16,18,21,37H2,1H3,(H2,38,39)(H,40,42)(H,45,46)/t22-,35?,36+/m0/s1. The average Bonchev–Trinajstić information content (AvgIpc) is 3.45. The van der Waals surface area contributed by atoms with Gasteiger partial charge in [0.25, 0.3) is 0 Å².